The number of nitrogens with one attached hydrogen (secondary N) is 1. The number of halogens is 2. The summed E-state index contributed by atoms with van der Waals surface area (Å²) >= 11 is 0. The number of nitrogens with two attached hydrogens (primary N) is 1. The van der Waals surface area contributed by atoms with Crippen LogP contribution in [0.3, 0.4) is 0 Å². The predicted octanol–water partition coefficient (Wildman–Crippen LogP) is 2.90. The van der Waals surface area contributed by atoms with E-state index >= 15 is 0 Å². The zero-order chi connectivity index (χ0) is 17.6. The first kappa shape index (κ1) is 24.0. The summed E-state index contributed by atoms with van der Waals surface area (Å²) in [7, 11) is 1.35. The minimum absolute atomic E-state index is 0. The number of ether oxygens (including phenoxy) is 2. The molecule has 6 nitrogen and oxygen atoms in total. The van der Waals surface area contributed by atoms with Gasteiger partial charge in [0.2, 0.25) is 0 Å². The number of aryl methyl sites for hydroxylation is 2. The molecule has 1 aromatic heterocycles. The topological polar surface area (TPSA) is 86.5 Å². The molecule has 1 aromatic rings. The number of anilines is 1. The largest absolute Gasteiger partial charge is 0.468 e. The Morgan fingerprint density at radius 1 is 1.37 bits per heavy atom. The maximum atomic E-state index is 11.2. The maximum absolute atomic E-state index is 11.2. The van der Waals surface area contributed by atoms with Gasteiger partial charge in [0, 0.05) is 18.8 Å². The van der Waals surface area contributed by atoms with E-state index < -0.39 is 6.04 Å². The number of hydrogen-bond donors (Lipinski definition) is 2. The lowest BCUT2D eigenvalue weighted by molar-refractivity contribution is -0.143. The van der Waals surface area contributed by atoms with Crippen LogP contribution in [0.4, 0.5) is 5.82 Å². The van der Waals surface area contributed by atoms with Gasteiger partial charge in [-0.2, -0.15) is 0 Å². The summed E-state index contributed by atoms with van der Waals surface area (Å²) in [5.41, 5.74) is 8.22. The van der Waals surface area contributed by atoms with E-state index in [1.54, 1.807) is 0 Å². The van der Waals surface area contributed by atoms with E-state index in [0.717, 1.165) is 44.5 Å². The van der Waals surface area contributed by atoms with Gasteiger partial charge in [0.25, 0.3) is 0 Å². The highest BCUT2D eigenvalue weighted by Gasteiger charge is 2.29. The third-order valence-corrected chi connectivity index (χ3v) is 5.24. The van der Waals surface area contributed by atoms with E-state index in [1.165, 1.54) is 24.8 Å². The number of aromatic nitrogens is 1. The molecule has 1 aliphatic carbocycles. The van der Waals surface area contributed by atoms with Crippen LogP contribution in [0.1, 0.15) is 43.4 Å². The van der Waals surface area contributed by atoms with Crippen molar-refractivity contribution in [3.05, 3.63) is 23.4 Å². The minimum atomic E-state index is -0.579. The van der Waals surface area contributed by atoms with Gasteiger partial charge >= 0.3 is 5.97 Å². The van der Waals surface area contributed by atoms with E-state index in [4.69, 9.17) is 15.5 Å². The summed E-state index contributed by atoms with van der Waals surface area (Å²) in [6, 6.07) is 3.82. The standard InChI is InChI=1S/C19H29N3O3.2ClH/c1-24-19(23)17(20)8-10-25-16-11-13(12-16)4-6-15-7-5-14-3-2-9-21-18(14)22-15;;/h5,7,13,16-17H,2-4,6,8-12,20H2,1H3,(H,21,22);2*1H/t13-,16-,17?;;. The van der Waals surface area contributed by atoms with Crippen molar-refractivity contribution in [2.75, 3.05) is 25.6 Å². The molecular formula is C19H31Cl2N3O3. The second-order valence-electron chi connectivity index (χ2n) is 7.13. The van der Waals surface area contributed by atoms with Crippen LogP contribution < -0.4 is 11.1 Å². The Labute approximate surface area is 173 Å². The van der Waals surface area contributed by atoms with Crippen LogP contribution in [0.15, 0.2) is 12.1 Å². The van der Waals surface area contributed by atoms with Gasteiger partial charge < -0.3 is 20.5 Å². The lowest BCUT2D eigenvalue weighted by Crippen LogP contribution is -2.36. The van der Waals surface area contributed by atoms with Gasteiger partial charge in [-0.25, -0.2) is 4.98 Å². The first-order chi connectivity index (χ1) is 12.2. The molecule has 3 N–H and O–H groups in total. The second kappa shape index (κ2) is 11.7. The molecule has 8 heteroatoms. The summed E-state index contributed by atoms with van der Waals surface area (Å²) < 4.78 is 10.4. The average molecular weight is 420 g/mol. The van der Waals surface area contributed by atoms with Crippen LogP contribution in [-0.2, 0) is 27.1 Å². The van der Waals surface area contributed by atoms with Gasteiger partial charge in [-0.1, -0.05) is 6.07 Å². The Hall–Kier alpha value is -1.08. The van der Waals surface area contributed by atoms with E-state index in [2.05, 4.69) is 22.2 Å². The smallest absolute Gasteiger partial charge is 0.322 e. The first-order valence-electron chi connectivity index (χ1n) is 9.33. The summed E-state index contributed by atoms with van der Waals surface area (Å²) in [6.45, 7) is 1.55. The maximum Gasteiger partial charge on any atom is 0.322 e. The Bertz CT molecular complexity index is 598. The summed E-state index contributed by atoms with van der Waals surface area (Å²) in [6.07, 6.45) is 7.53. The number of nitrogens with zero attached hydrogens (tertiary/aromatic N) is 1. The van der Waals surface area contributed by atoms with E-state index in [-0.39, 0.29) is 30.8 Å². The number of carbonyl (C=O) groups is 1. The van der Waals surface area contributed by atoms with Crippen LogP contribution in [0, 0.1) is 5.92 Å². The fourth-order valence-corrected chi connectivity index (χ4v) is 3.54. The van der Waals surface area contributed by atoms with Crippen LogP contribution in [-0.4, -0.2) is 43.4 Å². The Balaban J connectivity index is 0.00000182. The third kappa shape index (κ3) is 6.79. The van der Waals surface area contributed by atoms with Crippen molar-refractivity contribution in [1.82, 2.24) is 4.98 Å². The molecule has 1 fully saturated rings. The number of hydrogen-bond acceptors (Lipinski definition) is 6. The number of methoxy groups -OCH3 is 1. The molecular weight excluding hydrogens is 389 g/mol. The highest BCUT2D eigenvalue weighted by Crippen LogP contribution is 2.34. The quantitative estimate of drug-likeness (QED) is 0.629. The monoisotopic (exact) mass is 419 g/mol. The first-order valence-corrected chi connectivity index (χ1v) is 9.33. The zero-order valence-corrected chi connectivity index (χ0v) is 17.4. The fraction of sp³-hybridized carbons (Fsp3) is 0.684. The van der Waals surface area contributed by atoms with Crippen LogP contribution in [0.2, 0.25) is 0 Å². The molecule has 154 valence electrons. The molecule has 1 saturated carbocycles. The van der Waals surface area contributed by atoms with Gasteiger partial charge in [0.05, 0.1) is 13.2 Å². The molecule has 1 atom stereocenters. The Morgan fingerprint density at radius 3 is 2.89 bits per heavy atom. The number of pyridine rings is 1. The van der Waals surface area contributed by atoms with Crippen LogP contribution in [0.5, 0.6) is 0 Å². The van der Waals surface area contributed by atoms with Crippen LogP contribution in [0.25, 0.3) is 0 Å². The fourth-order valence-electron chi connectivity index (χ4n) is 3.54. The number of carbonyl (C=O) groups excluding carboxylic acids is 1. The lowest BCUT2D eigenvalue weighted by Gasteiger charge is -2.35. The minimum Gasteiger partial charge on any atom is -0.468 e. The van der Waals surface area contributed by atoms with Crippen molar-refractivity contribution in [3.8, 4) is 0 Å². The number of rotatable bonds is 8. The average Bonchev–Trinajstić information content (AvgIpc) is 2.61. The molecule has 0 radical (unpaired) electrons. The lowest BCUT2D eigenvalue weighted by atomic mass is 9.79. The van der Waals surface area contributed by atoms with Crippen molar-refractivity contribution in [2.24, 2.45) is 11.7 Å². The second-order valence-corrected chi connectivity index (χ2v) is 7.13. The molecule has 0 saturated heterocycles. The molecule has 0 bridgehead atoms. The van der Waals surface area contributed by atoms with Crippen LogP contribution >= 0.6 is 24.8 Å². The highest BCUT2D eigenvalue weighted by atomic mass is 35.5. The van der Waals surface area contributed by atoms with Crippen molar-refractivity contribution in [2.45, 2.75) is 57.1 Å². The normalized spacial score (nSPS) is 21.4. The number of fused-ring (bicyclic) bond motifs is 1. The highest BCUT2D eigenvalue weighted by molar-refractivity contribution is 5.85. The van der Waals surface area contributed by atoms with Crippen molar-refractivity contribution in [1.29, 1.82) is 0 Å². The van der Waals surface area contributed by atoms with Crippen molar-refractivity contribution in [3.63, 3.8) is 0 Å². The molecule has 27 heavy (non-hydrogen) atoms. The van der Waals surface area contributed by atoms with Gasteiger partial charge in [0.1, 0.15) is 11.9 Å². The van der Waals surface area contributed by atoms with Crippen molar-refractivity contribution >= 4 is 36.6 Å². The number of esters is 1. The molecule has 2 heterocycles. The van der Waals surface area contributed by atoms with E-state index in [0.29, 0.717) is 25.0 Å². The molecule has 0 aromatic carbocycles. The molecule has 1 unspecified atom stereocenters. The van der Waals surface area contributed by atoms with Crippen molar-refractivity contribution < 1.29 is 14.3 Å². The predicted molar refractivity (Wildman–Crippen MR) is 111 cm³/mol. The summed E-state index contributed by atoms with van der Waals surface area (Å²) in [5, 5.41) is 3.40. The van der Waals surface area contributed by atoms with Gasteiger partial charge in [-0.3, -0.25) is 4.79 Å². The summed E-state index contributed by atoms with van der Waals surface area (Å²) in [4.78, 5) is 16.0. The summed E-state index contributed by atoms with van der Waals surface area (Å²) in [5.74, 6) is 1.42. The molecule has 2 aliphatic rings. The van der Waals surface area contributed by atoms with Gasteiger partial charge in [-0.15, -0.1) is 24.8 Å². The Morgan fingerprint density at radius 2 is 2.15 bits per heavy atom. The molecule has 0 amide bonds. The third-order valence-electron chi connectivity index (χ3n) is 5.24. The van der Waals surface area contributed by atoms with Gasteiger partial charge in [-0.05, 0) is 62.5 Å². The molecule has 1 aliphatic heterocycles. The SMILES string of the molecule is COC(=O)C(N)CCO[C@H]1C[C@H](CCc2ccc3c(n2)NCCC3)C1.Cl.Cl. The van der Waals surface area contributed by atoms with Gasteiger partial charge in [0.15, 0.2) is 0 Å². The molecule has 3 rings (SSSR count). The van der Waals surface area contributed by atoms with E-state index in [1.807, 2.05) is 0 Å². The zero-order valence-electron chi connectivity index (χ0n) is 15.8. The Kier molecular flexibility index (Phi) is 10.4. The molecule has 0 spiro atoms. The van der Waals surface area contributed by atoms with E-state index in [9.17, 15) is 4.79 Å².